The van der Waals surface area contributed by atoms with Gasteiger partial charge in [-0.05, 0) is 6.42 Å². The highest BCUT2D eigenvalue weighted by molar-refractivity contribution is 5.98. The number of carbonyl (C=O) groups is 2. The van der Waals surface area contributed by atoms with Crippen LogP contribution in [-0.2, 0) is 11.8 Å². The maximum Gasteiger partial charge on any atom is 0.274 e. The molecule has 1 saturated heterocycles. The molecule has 0 radical (unpaired) electrons. The summed E-state index contributed by atoms with van der Waals surface area (Å²) in [5.74, 6) is 0.462. The van der Waals surface area contributed by atoms with Gasteiger partial charge in [0.05, 0.1) is 6.04 Å². The average Bonchev–Trinajstić information content (AvgIpc) is 3.27. The number of fused-ring (bicyclic) bond motifs is 1. The van der Waals surface area contributed by atoms with Crippen LogP contribution in [0.25, 0.3) is 5.65 Å². The Labute approximate surface area is 149 Å². The molecule has 0 aromatic carbocycles. The zero-order valence-electron chi connectivity index (χ0n) is 14.5. The van der Waals surface area contributed by atoms with Crippen LogP contribution >= 0.6 is 0 Å². The summed E-state index contributed by atoms with van der Waals surface area (Å²) in [6.45, 7) is 0. The number of piperidine rings is 1. The maximum absolute atomic E-state index is 12.9. The molecule has 1 aliphatic rings. The number of likely N-dealkylation sites (tertiary alicyclic amines) is 1. The highest BCUT2D eigenvalue weighted by atomic mass is 16.2. The summed E-state index contributed by atoms with van der Waals surface area (Å²) in [6.07, 6.45) is 11.1. The molecule has 9 nitrogen and oxygen atoms in total. The van der Waals surface area contributed by atoms with Gasteiger partial charge in [0.15, 0.2) is 11.3 Å². The van der Waals surface area contributed by atoms with Crippen molar-refractivity contribution in [3.8, 4) is 0 Å². The minimum absolute atomic E-state index is 0.0389. The molecule has 3 aromatic rings. The molecule has 134 valence electrons. The summed E-state index contributed by atoms with van der Waals surface area (Å²) in [6, 6.07) is -0.594. The van der Waals surface area contributed by atoms with Crippen LogP contribution in [0.5, 0.6) is 0 Å². The first kappa shape index (κ1) is 16.2. The number of imidazole rings is 2. The number of aromatic nitrogens is 5. The maximum atomic E-state index is 12.9. The first-order valence-corrected chi connectivity index (χ1v) is 8.37. The molecule has 0 unspecified atom stereocenters. The number of hydrogen-bond donors (Lipinski definition) is 1. The molecule has 2 atom stereocenters. The molecule has 26 heavy (non-hydrogen) atoms. The lowest BCUT2D eigenvalue weighted by Crippen LogP contribution is -2.51. The smallest absolute Gasteiger partial charge is 0.274 e. The number of amides is 2. The van der Waals surface area contributed by atoms with Crippen molar-refractivity contribution in [3.05, 3.63) is 48.7 Å². The molecule has 0 bridgehead atoms. The fraction of sp³-hybridized carbons (Fsp3) is 0.353. The number of nitrogens with zero attached hydrogens (tertiary/aromatic N) is 6. The van der Waals surface area contributed by atoms with Crippen molar-refractivity contribution in [2.45, 2.75) is 24.9 Å². The molecule has 1 fully saturated rings. The summed E-state index contributed by atoms with van der Waals surface area (Å²) in [5.41, 5.74) is 0.759. The number of carbonyl (C=O) groups excluding carboxylic acids is 2. The van der Waals surface area contributed by atoms with Gasteiger partial charge in [-0.15, -0.1) is 0 Å². The van der Waals surface area contributed by atoms with Crippen molar-refractivity contribution >= 4 is 17.5 Å². The molecule has 2 amide bonds. The molecule has 0 aliphatic carbocycles. The third-order valence-electron chi connectivity index (χ3n) is 4.83. The van der Waals surface area contributed by atoms with Crippen molar-refractivity contribution in [1.82, 2.24) is 34.1 Å². The van der Waals surface area contributed by atoms with Gasteiger partial charge in [0.2, 0.25) is 5.91 Å². The summed E-state index contributed by atoms with van der Waals surface area (Å²) >= 11 is 0. The second kappa shape index (κ2) is 6.25. The van der Waals surface area contributed by atoms with E-state index in [1.165, 1.54) is 0 Å². The van der Waals surface area contributed by atoms with Gasteiger partial charge in [-0.1, -0.05) is 0 Å². The first-order valence-electron chi connectivity index (χ1n) is 8.37. The highest BCUT2D eigenvalue weighted by Crippen LogP contribution is 2.30. The summed E-state index contributed by atoms with van der Waals surface area (Å²) in [5, 5.41) is 3.03. The van der Waals surface area contributed by atoms with Crippen LogP contribution < -0.4 is 5.32 Å². The fourth-order valence-corrected chi connectivity index (χ4v) is 3.46. The Kier molecular flexibility index (Phi) is 3.90. The fourth-order valence-electron chi connectivity index (χ4n) is 3.46. The van der Waals surface area contributed by atoms with E-state index in [4.69, 9.17) is 0 Å². The van der Waals surface area contributed by atoms with Crippen LogP contribution in [0.15, 0.2) is 37.2 Å². The summed E-state index contributed by atoms with van der Waals surface area (Å²) < 4.78 is 3.61. The molecule has 9 heteroatoms. The van der Waals surface area contributed by atoms with Gasteiger partial charge in [-0.25, -0.2) is 15.0 Å². The Balaban J connectivity index is 1.65. The largest absolute Gasteiger partial charge is 0.345 e. The SMILES string of the molecule is CN1C(=O)CC[C@@H](NC(=O)c2nccn3ccnc23)[C@@H]1c1nccn1C. The molecular weight excluding hydrogens is 334 g/mol. The second-order valence-corrected chi connectivity index (χ2v) is 6.40. The van der Waals surface area contributed by atoms with E-state index in [1.54, 1.807) is 47.3 Å². The van der Waals surface area contributed by atoms with E-state index in [2.05, 4.69) is 20.3 Å². The standard InChI is InChI=1S/C17H19N7O2/c1-22-8-5-20-16(22)14-11(3-4-12(25)23(14)2)21-17(26)13-15-19-7-10-24(15)9-6-18-13/h5-11,14H,3-4H2,1-2H3,(H,21,26)/t11-,14-/m1/s1. The quantitative estimate of drug-likeness (QED) is 0.742. The predicted octanol–water partition coefficient (Wildman–Crippen LogP) is 0.555. The Hall–Kier alpha value is -3.23. The minimum atomic E-state index is -0.334. The van der Waals surface area contributed by atoms with E-state index in [9.17, 15) is 9.59 Å². The number of rotatable bonds is 3. The lowest BCUT2D eigenvalue weighted by molar-refractivity contribution is -0.136. The summed E-state index contributed by atoms with van der Waals surface area (Å²) in [7, 11) is 3.62. The number of aryl methyl sites for hydroxylation is 1. The van der Waals surface area contributed by atoms with Crippen LogP contribution in [0.3, 0.4) is 0 Å². The molecule has 4 heterocycles. The summed E-state index contributed by atoms with van der Waals surface area (Å²) in [4.78, 5) is 39.5. The van der Waals surface area contributed by atoms with Gasteiger partial charge in [-0.2, -0.15) is 0 Å². The van der Waals surface area contributed by atoms with Crippen LogP contribution in [0.1, 0.15) is 35.2 Å². The van der Waals surface area contributed by atoms with Crippen molar-refractivity contribution in [3.63, 3.8) is 0 Å². The number of likely N-dealkylation sites (N-methyl/N-ethyl adjacent to an activating group) is 1. The van der Waals surface area contributed by atoms with Gasteiger partial charge in [0.25, 0.3) is 5.91 Å². The number of nitrogens with one attached hydrogen (secondary N) is 1. The predicted molar refractivity (Wildman–Crippen MR) is 92.2 cm³/mol. The second-order valence-electron chi connectivity index (χ2n) is 6.40. The average molecular weight is 353 g/mol. The lowest BCUT2D eigenvalue weighted by Gasteiger charge is -2.38. The van der Waals surface area contributed by atoms with E-state index >= 15 is 0 Å². The molecule has 1 N–H and O–H groups in total. The van der Waals surface area contributed by atoms with E-state index in [0.717, 1.165) is 5.82 Å². The van der Waals surface area contributed by atoms with Gasteiger partial charge < -0.3 is 19.2 Å². The normalized spacial score (nSPS) is 20.5. The Bertz CT molecular complexity index is 976. The highest BCUT2D eigenvalue weighted by Gasteiger charge is 2.38. The molecule has 0 saturated carbocycles. The van der Waals surface area contributed by atoms with Gasteiger partial charge >= 0.3 is 0 Å². The van der Waals surface area contributed by atoms with E-state index < -0.39 is 0 Å². The topological polar surface area (TPSA) is 97.4 Å². The van der Waals surface area contributed by atoms with Crippen molar-refractivity contribution in [2.24, 2.45) is 7.05 Å². The third-order valence-corrected chi connectivity index (χ3v) is 4.83. The van der Waals surface area contributed by atoms with Crippen LogP contribution in [0, 0.1) is 0 Å². The molecule has 0 spiro atoms. The van der Waals surface area contributed by atoms with Crippen molar-refractivity contribution in [2.75, 3.05) is 7.05 Å². The lowest BCUT2D eigenvalue weighted by atomic mass is 9.95. The van der Waals surface area contributed by atoms with Crippen LogP contribution in [0.2, 0.25) is 0 Å². The number of hydrogen-bond acceptors (Lipinski definition) is 5. The Morgan fingerprint density at radius 1 is 1.12 bits per heavy atom. The zero-order valence-corrected chi connectivity index (χ0v) is 14.5. The molecule has 4 rings (SSSR count). The Morgan fingerprint density at radius 3 is 2.58 bits per heavy atom. The van der Waals surface area contributed by atoms with E-state index in [1.807, 2.05) is 17.8 Å². The molecular formula is C17H19N7O2. The van der Waals surface area contributed by atoms with E-state index in [0.29, 0.717) is 18.5 Å². The van der Waals surface area contributed by atoms with Crippen LogP contribution in [0.4, 0.5) is 0 Å². The van der Waals surface area contributed by atoms with Gasteiger partial charge in [0, 0.05) is 57.7 Å². The van der Waals surface area contributed by atoms with Crippen LogP contribution in [-0.4, -0.2) is 53.7 Å². The third kappa shape index (κ3) is 2.61. The van der Waals surface area contributed by atoms with Crippen molar-refractivity contribution in [1.29, 1.82) is 0 Å². The van der Waals surface area contributed by atoms with E-state index in [-0.39, 0.29) is 29.6 Å². The first-order chi connectivity index (χ1) is 12.6. The van der Waals surface area contributed by atoms with Crippen molar-refractivity contribution < 1.29 is 9.59 Å². The Morgan fingerprint density at radius 2 is 1.85 bits per heavy atom. The minimum Gasteiger partial charge on any atom is -0.345 e. The monoisotopic (exact) mass is 353 g/mol. The zero-order chi connectivity index (χ0) is 18.3. The van der Waals surface area contributed by atoms with Gasteiger partial charge in [-0.3, -0.25) is 9.59 Å². The molecule has 1 aliphatic heterocycles. The molecule has 3 aromatic heterocycles. The van der Waals surface area contributed by atoms with Gasteiger partial charge in [0.1, 0.15) is 11.9 Å².